The highest BCUT2D eigenvalue weighted by atomic mass is 16.6. The molecule has 0 atom stereocenters. The van der Waals surface area contributed by atoms with E-state index in [2.05, 4.69) is 25.5 Å². The van der Waals surface area contributed by atoms with Gasteiger partial charge in [-0.05, 0) is 34.1 Å². The summed E-state index contributed by atoms with van der Waals surface area (Å²) in [5.74, 6) is 0.0801. The van der Waals surface area contributed by atoms with Crippen molar-refractivity contribution in [2.45, 2.75) is 0 Å². The van der Waals surface area contributed by atoms with Gasteiger partial charge in [0.2, 0.25) is 11.5 Å². The number of rotatable bonds is 6. The van der Waals surface area contributed by atoms with Gasteiger partial charge in [0.1, 0.15) is 6.07 Å². The number of methoxy groups -OCH3 is 1. The fourth-order valence-electron chi connectivity index (χ4n) is 1.57. The van der Waals surface area contributed by atoms with Crippen LogP contribution in [0.3, 0.4) is 0 Å². The molecule has 0 unspecified atom stereocenters. The number of nitrogens with two attached hydrogens (primary N) is 1. The van der Waals surface area contributed by atoms with Gasteiger partial charge >= 0.3 is 0 Å². The summed E-state index contributed by atoms with van der Waals surface area (Å²) in [5, 5.41) is 18.9. The molecule has 1 heterocycles. The number of hydrogen-bond donors (Lipinski definition) is 2. The van der Waals surface area contributed by atoms with Crippen LogP contribution < -0.4 is 20.6 Å². The lowest BCUT2D eigenvalue weighted by molar-refractivity contribution is 0.0946. The molecule has 2 aromatic rings. The van der Waals surface area contributed by atoms with Crippen molar-refractivity contribution in [3.8, 4) is 17.6 Å². The van der Waals surface area contributed by atoms with Gasteiger partial charge in [0, 0.05) is 0 Å². The van der Waals surface area contributed by atoms with Crippen LogP contribution in [-0.4, -0.2) is 36.2 Å². The molecule has 10 nitrogen and oxygen atoms in total. The lowest BCUT2D eigenvalue weighted by Gasteiger charge is -2.08. The summed E-state index contributed by atoms with van der Waals surface area (Å²) in [4.78, 5) is 11.7. The lowest BCUT2D eigenvalue weighted by atomic mass is 10.2. The van der Waals surface area contributed by atoms with Crippen molar-refractivity contribution in [2.75, 3.05) is 19.5 Å². The van der Waals surface area contributed by atoms with Gasteiger partial charge in [-0.3, -0.25) is 4.79 Å². The van der Waals surface area contributed by atoms with E-state index in [1.165, 1.54) is 13.3 Å². The van der Waals surface area contributed by atoms with E-state index in [9.17, 15) is 4.79 Å². The van der Waals surface area contributed by atoms with E-state index in [4.69, 9.17) is 20.5 Å². The van der Waals surface area contributed by atoms with E-state index in [0.717, 1.165) is 0 Å². The minimum absolute atomic E-state index is 0.0903. The molecule has 0 saturated carbocycles. The summed E-state index contributed by atoms with van der Waals surface area (Å²) in [6.45, 7) is -0.0903. The van der Waals surface area contributed by atoms with E-state index >= 15 is 0 Å². The SMILES string of the molecule is COc1cc(C=NNC(=O)c2nonc2N)ccc1OCC#N. The number of hydrazone groups is 1. The van der Waals surface area contributed by atoms with Crippen LogP contribution in [0.1, 0.15) is 16.1 Å². The Morgan fingerprint density at radius 2 is 2.35 bits per heavy atom. The summed E-state index contributed by atoms with van der Waals surface area (Å²) < 4.78 is 14.7. The molecule has 0 aliphatic rings. The van der Waals surface area contributed by atoms with E-state index in [-0.39, 0.29) is 18.1 Å². The van der Waals surface area contributed by atoms with Crippen LogP contribution in [0.2, 0.25) is 0 Å². The van der Waals surface area contributed by atoms with E-state index in [0.29, 0.717) is 17.1 Å². The van der Waals surface area contributed by atoms with E-state index in [1.807, 2.05) is 6.07 Å². The molecule has 1 aromatic carbocycles. The second-order valence-electron chi connectivity index (χ2n) is 4.05. The number of benzene rings is 1. The zero-order valence-electron chi connectivity index (χ0n) is 12.0. The standard InChI is InChI=1S/C13H12N6O4/c1-21-10-6-8(2-3-9(10)22-5-4-14)7-16-17-13(20)11-12(15)19-23-18-11/h2-3,6-7H,5H2,1H3,(H2,15,19)(H,17,20). The molecular formula is C13H12N6O4. The zero-order valence-corrected chi connectivity index (χ0v) is 12.0. The third-order valence-corrected chi connectivity index (χ3v) is 2.59. The Hall–Kier alpha value is -3.61. The van der Waals surface area contributed by atoms with Crippen LogP contribution in [0.5, 0.6) is 11.5 Å². The van der Waals surface area contributed by atoms with Crippen molar-refractivity contribution in [3.05, 3.63) is 29.5 Å². The molecule has 1 aromatic heterocycles. The monoisotopic (exact) mass is 316 g/mol. The van der Waals surface area contributed by atoms with Crippen molar-refractivity contribution in [1.29, 1.82) is 5.26 Å². The van der Waals surface area contributed by atoms with Crippen LogP contribution in [0.15, 0.2) is 27.9 Å². The average molecular weight is 316 g/mol. The van der Waals surface area contributed by atoms with Crippen molar-refractivity contribution in [1.82, 2.24) is 15.7 Å². The summed E-state index contributed by atoms with van der Waals surface area (Å²) in [7, 11) is 1.47. The van der Waals surface area contributed by atoms with Gasteiger partial charge < -0.3 is 15.2 Å². The first-order chi connectivity index (χ1) is 11.2. The number of nitrogen functional groups attached to an aromatic ring is 1. The molecule has 118 valence electrons. The first-order valence-corrected chi connectivity index (χ1v) is 6.25. The first kappa shape index (κ1) is 15.8. The Bertz CT molecular complexity index is 764. The number of carbonyl (C=O) groups is 1. The summed E-state index contributed by atoms with van der Waals surface area (Å²) in [5.41, 5.74) is 8.10. The van der Waals surface area contributed by atoms with Gasteiger partial charge in [-0.15, -0.1) is 0 Å². The first-order valence-electron chi connectivity index (χ1n) is 6.25. The summed E-state index contributed by atoms with van der Waals surface area (Å²) in [6, 6.07) is 6.80. The highest BCUT2D eigenvalue weighted by Crippen LogP contribution is 2.27. The highest BCUT2D eigenvalue weighted by molar-refractivity contribution is 5.96. The van der Waals surface area contributed by atoms with Crippen molar-refractivity contribution in [3.63, 3.8) is 0 Å². The number of aromatic nitrogens is 2. The fourth-order valence-corrected chi connectivity index (χ4v) is 1.57. The maximum Gasteiger partial charge on any atom is 0.297 e. The number of anilines is 1. The minimum atomic E-state index is -0.652. The van der Waals surface area contributed by atoms with Crippen LogP contribution in [-0.2, 0) is 0 Å². The van der Waals surface area contributed by atoms with Crippen molar-refractivity contribution >= 4 is 17.9 Å². The Labute approximate surface area is 130 Å². The molecule has 23 heavy (non-hydrogen) atoms. The molecule has 0 aliphatic heterocycles. The smallest absolute Gasteiger partial charge is 0.297 e. The van der Waals surface area contributed by atoms with Gasteiger partial charge in [-0.1, -0.05) is 0 Å². The third kappa shape index (κ3) is 3.94. The lowest BCUT2D eigenvalue weighted by Crippen LogP contribution is -2.19. The summed E-state index contributed by atoms with van der Waals surface area (Å²) in [6.07, 6.45) is 1.39. The predicted octanol–water partition coefficient (Wildman–Crippen LogP) is 0.327. The maximum atomic E-state index is 11.7. The Balaban J connectivity index is 2.04. The van der Waals surface area contributed by atoms with Crippen LogP contribution >= 0.6 is 0 Å². The second kappa shape index (κ2) is 7.41. The van der Waals surface area contributed by atoms with Gasteiger partial charge in [-0.25, -0.2) is 10.1 Å². The van der Waals surface area contributed by atoms with Crippen molar-refractivity contribution in [2.24, 2.45) is 5.10 Å². The van der Waals surface area contributed by atoms with Crippen molar-refractivity contribution < 1.29 is 18.9 Å². The quantitative estimate of drug-likeness (QED) is 0.571. The molecule has 1 amide bonds. The Morgan fingerprint density at radius 3 is 3.00 bits per heavy atom. The molecule has 0 aliphatic carbocycles. The number of amides is 1. The molecule has 0 bridgehead atoms. The van der Waals surface area contributed by atoms with Crippen LogP contribution in [0.25, 0.3) is 0 Å². The largest absolute Gasteiger partial charge is 0.493 e. The zero-order chi connectivity index (χ0) is 16.7. The number of nitrogens with one attached hydrogen (secondary N) is 1. The normalized spacial score (nSPS) is 10.3. The fraction of sp³-hybridized carbons (Fsp3) is 0.154. The molecule has 10 heteroatoms. The van der Waals surface area contributed by atoms with E-state index < -0.39 is 5.91 Å². The molecule has 0 fully saturated rings. The van der Waals surface area contributed by atoms with Gasteiger partial charge in [0.25, 0.3) is 5.91 Å². The Kier molecular flexibility index (Phi) is 5.08. The van der Waals surface area contributed by atoms with E-state index in [1.54, 1.807) is 18.2 Å². The predicted molar refractivity (Wildman–Crippen MR) is 77.9 cm³/mol. The number of carbonyl (C=O) groups excluding carboxylic acids is 1. The molecule has 2 rings (SSSR count). The average Bonchev–Trinajstić information content (AvgIpc) is 2.99. The second-order valence-corrected chi connectivity index (χ2v) is 4.05. The van der Waals surface area contributed by atoms with Crippen LogP contribution in [0, 0.1) is 11.3 Å². The minimum Gasteiger partial charge on any atom is -0.493 e. The number of nitriles is 1. The molecule has 0 radical (unpaired) electrons. The molecular weight excluding hydrogens is 304 g/mol. The molecule has 0 spiro atoms. The number of hydrogen-bond acceptors (Lipinski definition) is 9. The van der Waals surface area contributed by atoms with Gasteiger partial charge in [0.05, 0.1) is 13.3 Å². The topological polar surface area (TPSA) is 149 Å². The van der Waals surface area contributed by atoms with Crippen LogP contribution in [0.4, 0.5) is 5.82 Å². The molecule has 0 saturated heterocycles. The number of nitrogens with zero attached hydrogens (tertiary/aromatic N) is 4. The maximum absolute atomic E-state index is 11.7. The van der Waals surface area contributed by atoms with Gasteiger partial charge in [0.15, 0.2) is 18.1 Å². The number of ether oxygens (including phenoxy) is 2. The summed E-state index contributed by atoms with van der Waals surface area (Å²) >= 11 is 0. The molecule has 3 N–H and O–H groups in total. The third-order valence-electron chi connectivity index (χ3n) is 2.59. The van der Waals surface area contributed by atoms with Gasteiger partial charge in [-0.2, -0.15) is 10.4 Å². The highest BCUT2D eigenvalue weighted by Gasteiger charge is 2.14. The Morgan fingerprint density at radius 1 is 1.52 bits per heavy atom.